The number of hydrogen-bond donors (Lipinski definition) is 0. The van der Waals surface area contributed by atoms with Crippen molar-refractivity contribution in [1.82, 2.24) is 4.90 Å². The fourth-order valence-electron chi connectivity index (χ4n) is 2.12. The Morgan fingerprint density at radius 1 is 1.00 bits per heavy atom. The quantitative estimate of drug-likeness (QED) is 0.590. The van der Waals surface area contributed by atoms with Crippen LogP contribution in [0.25, 0.3) is 0 Å². The fourth-order valence-corrected chi connectivity index (χ4v) is 2.12. The molecule has 0 radical (unpaired) electrons. The van der Waals surface area contributed by atoms with E-state index in [4.69, 9.17) is 0 Å². The highest BCUT2D eigenvalue weighted by Gasteiger charge is 2.49. The number of halogens is 6. The summed E-state index contributed by atoms with van der Waals surface area (Å²) in [5.74, 6) is 0. The lowest BCUT2D eigenvalue weighted by Gasteiger charge is -2.26. The summed E-state index contributed by atoms with van der Waals surface area (Å²) in [7, 11) is 0. The third-order valence-electron chi connectivity index (χ3n) is 3.05. The Hall–Kier alpha value is -1.50. The van der Waals surface area contributed by atoms with Gasteiger partial charge in [-0.1, -0.05) is 30.3 Å². The Morgan fingerprint density at radius 2 is 1.60 bits per heavy atom. The largest absolute Gasteiger partial charge is 0.413 e. The first kappa shape index (κ1) is 14.9. The van der Waals surface area contributed by atoms with Gasteiger partial charge in [0.15, 0.2) is 0 Å². The van der Waals surface area contributed by atoms with Crippen LogP contribution in [0, 0.1) is 0 Å². The molecule has 7 heteroatoms. The van der Waals surface area contributed by atoms with E-state index in [-0.39, 0.29) is 12.6 Å². The van der Waals surface area contributed by atoms with Gasteiger partial charge in [-0.2, -0.15) is 26.3 Å². The lowest BCUT2D eigenvalue weighted by molar-refractivity contribution is -0.167. The van der Waals surface area contributed by atoms with Crippen molar-refractivity contribution in [1.29, 1.82) is 0 Å². The molecular formula is C13H11F6N. The van der Waals surface area contributed by atoms with Gasteiger partial charge < -0.3 is 0 Å². The molecule has 1 atom stereocenters. The van der Waals surface area contributed by atoms with Gasteiger partial charge in [-0.15, -0.1) is 0 Å². The minimum Gasteiger partial charge on any atom is -0.280 e. The summed E-state index contributed by atoms with van der Waals surface area (Å²) in [5, 5.41) is 0. The van der Waals surface area contributed by atoms with Crippen LogP contribution in [0.1, 0.15) is 5.56 Å². The summed E-state index contributed by atoms with van der Waals surface area (Å²) in [5.41, 5.74) is -0.602. The monoisotopic (exact) mass is 295 g/mol. The van der Waals surface area contributed by atoms with E-state index in [1.165, 1.54) is 0 Å². The van der Waals surface area contributed by atoms with Crippen molar-refractivity contribution < 1.29 is 26.3 Å². The predicted molar refractivity (Wildman–Crippen MR) is 60.8 cm³/mol. The molecule has 0 saturated carbocycles. The van der Waals surface area contributed by atoms with E-state index in [9.17, 15) is 26.3 Å². The zero-order chi connectivity index (χ0) is 15.0. The minimum atomic E-state index is -4.73. The first-order chi connectivity index (χ1) is 9.18. The van der Waals surface area contributed by atoms with Gasteiger partial charge in [-0.25, -0.2) is 0 Å². The predicted octanol–water partition coefficient (Wildman–Crippen LogP) is 3.92. The molecule has 0 saturated heterocycles. The molecule has 1 unspecified atom stereocenters. The van der Waals surface area contributed by atoms with Gasteiger partial charge in [0, 0.05) is 18.7 Å². The summed E-state index contributed by atoms with van der Waals surface area (Å²) < 4.78 is 76.2. The molecule has 0 aliphatic carbocycles. The highest BCUT2D eigenvalue weighted by atomic mass is 19.4. The summed E-state index contributed by atoms with van der Waals surface area (Å²) in [6, 6.07) is 5.92. The van der Waals surface area contributed by atoms with E-state index >= 15 is 0 Å². The van der Waals surface area contributed by atoms with E-state index in [0.29, 0.717) is 5.56 Å². The topological polar surface area (TPSA) is 3.24 Å². The maximum absolute atomic E-state index is 12.8. The molecule has 1 aromatic rings. The second kappa shape index (κ2) is 5.12. The molecular weight excluding hydrogens is 284 g/mol. The molecule has 0 spiro atoms. The van der Waals surface area contributed by atoms with Crippen molar-refractivity contribution in [2.24, 2.45) is 0 Å². The van der Waals surface area contributed by atoms with Crippen LogP contribution in [-0.4, -0.2) is 29.8 Å². The lowest BCUT2D eigenvalue weighted by Crippen LogP contribution is -2.41. The van der Waals surface area contributed by atoms with Gasteiger partial charge in [0.25, 0.3) is 0 Å². The van der Waals surface area contributed by atoms with Crippen molar-refractivity contribution >= 4 is 0 Å². The van der Waals surface area contributed by atoms with E-state index < -0.39 is 30.5 Å². The fraction of sp³-hybridized carbons (Fsp3) is 0.385. The van der Waals surface area contributed by atoms with Crippen molar-refractivity contribution in [2.45, 2.75) is 24.9 Å². The van der Waals surface area contributed by atoms with E-state index in [1.54, 1.807) is 30.3 Å². The molecule has 1 heterocycles. The molecule has 1 aromatic carbocycles. The third kappa shape index (κ3) is 3.33. The first-order valence-electron chi connectivity index (χ1n) is 5.80. The molecule has 1 aliphatic heterocycles. The van der Waals surface area contributed by atoms with Crippen molar-refractivity contribution in [3.05, 3.63) is 47.5 Å². The molecule has 2 rings (SSSR count). The second-order valence-electron chi connectivity index (χ2n) is 4.57. The molecule has 0 N–H and O–H groups in total. The van der Waals surface area contributed by atoms with Crippen LogP contribution >= 0.6 is 0 Å². The summed E-state index contributed by atoms with van der Waals surface area (Å²) in [6.45, 7) is -0.927. The number of rotatable bonds is 2. The van der Waals surface area contributed by atoms with Gasteiger partial charge in [0.2, 0.25) is 0 Å². The molecule has 0 fully saturated rings. The maximum atomic E-state index is 12.8. The van der Waals surface area contributed by atoms with Gasteiger partial charge in [-0.3, -0.25) is 4.90 Å². The number of hydrogen-bond acceptors (Lipinski definition) is 1. The second-order valence-corrected chi connectivity index (χ2v) is 4.57. The Kier molecular flexibility index (Phi) is 3.82. The molecule has 1 aliphatic rings. The van der Waals surface area contributed by atoms with Gasteiger partial charge in [-0.05, 0) is 11.6 Å². The molecule has 0 aromatic heterocycles. The van der Waals surface area contributed by atoms with E-state index in [2.05, 4.69) is 0 Å². The Morgan fingerprint density at radius 3 is 2.10 bits per heavy atom. The Bertz CT molecular complexity index is 488. The van der Waals surface area contributed by atoms with Gasteiger partial charge in [0.1, 0.15) is 6.04 Å². The minimum absolute atomic E-state index is 0.179. The third-order valence-corrected chi connectivity index (χ3v) is 3.05. The van der Waals surface area contributed by atoms with Crippen molar-refractivity contribution in [3.63, 3.8) is 0 Å². The SMILES string of the molecule is FC(F)(F)C1=CC(C(F)(F)F)N(Cc2ccccc2)C1. The zero-order valence-electron chi connectivity index (χ0n) is 10.2. The van der Waals surface area contributed by atoms with Crippen molar-refractivity contribution in [3.8, 4) is 0 Å². The lowest BCUT2D eigenvalue weighted by atomic mass is 10.2. The summed E-state index contributed by atoms with van der Waals surface area (Å²) >= 11 is 0. The summed E-state index contributed by atoms with van der Waals surface area (Å²) in [6.07, 6.45) is -9.18. The van der Waals surface area contributed by atoms with E-state index in [0.717, 1.165) is 4.90 Å². The van der Waals surface area contributed by atoms with Crippen LogP contribution in [0.15, 0.2) is 42.0 Å². The van der Waals surface area contributed by atoms with Crippen LogP contribution < -0.4 is 0 Å². The molecule has 0 bridgehead atoms. The Labute approximate surface area is 111 Å². The summed E-state index contributed by atoms with van der Waals surface area (Å²) in [4.78, 5) is 0.776. The normalized spacial score (nSPS) is 21.1. The van der Waals surface area contributed by atoms with Gasteiger partial charge in [0.05, 0.1) is 0 Å². The van der Waals surface area contributed by atoms with Crippen molar-refractivity contribution in [2.75, 3.05) is 6.54 Å². The van der Waals surface area contributed by atoms with Crippen LogP contribution in [-0.2, 0) is 6.54 Å². The highest BCUT2D eigenvalue weighted by molar-refractivity contribution is 5.24. The van der Waals surface area contributed by atoms with E-state index in [1.807, 2.05) is 0 Å². The van der Waals surface area contributed by atoms with Crippen LogP contribution in [0.3, 0.4) is 0 Å². The van der Waals surface area contributed by atoms with Crippen LogP contribution in [0.5, 0.6) is 0 Å². The number of alkyl halides is 6. The van der Waals surface area contributed by atoms with Crippen LogP contribution in [0.2, 0.25) is 0 Å². The standard InChI is InChI=1S/C13H11F6N/c14-12(15,16)10-6-11(13(17,18)19)20(8-10)7-9-4-2-1-3-5-9/h1-6,11H,7-8H2. The zero-order valence-corrected chi connectivity index (χ0v) is 10.2. The van der Waals surface area contributed by atoms with Crippen LogP contribution in [0.4, 0.5) is 26.3 Å². The highest BCUT2D eigenvalue weighted by Crippen LogP contribution is 2.38. The molecule has 0 amide bonds. The van der Waals surface area contributed by atoms with Gasteiger partial charge >= 0.3 is 12.4 Å². The first-order valence-corrected chi connectivity index (χ1v) is 5.80. The molecule has 110 valence electrons. The average Bonchev–Trinajstić information content (AvgIpc) is 2.74. The number of nitrogens with zero attached hydrogens (tertiary/aromatic N) is 1. The Balaban J connectivity index is 2.21. The molecule has 1 nitrogen and oxygen atoms in total. The molecule has 20 heavy (non-hydrogen) atoms. The number of benzene rings is 1. The maximum Gasteiger partial charge on any atom is 0.413 e. The smallest absolute Gasteiger partial charge is 0.280 e. The average molecular weight is 295 g/mol.